The molecule has 0 fully saturated rings. The second-order valence-electron chi connectivity index (χ2n) is 3.02. The lowest BCUT2D eigenvalue weighted by atomic mass is 10.1. The third-order valence-corrected chi connectivity index (χ3v) is 1.54. The lowest BCUT2D eigenvalue weighted by molar-refractivity contribution is -0.173. The van der Waals surface area contributed by atoms with Crippen molar-refractivity contribution in [3.05, 3.63) is 0 Å². The molecule has 0 amide bonds. The Bertz CT molecular complexity index is 247. The highest BCUT2D eigenvalue weighted by molar-refractivity contribution is 5.71. The van der Waals surface area contributed by atoms with Gasteiger partial charge < -0.3 is 14.6 Å². The molecule has 3 unspecified atom stereocenters. The van der Waals surface area contributed by atoms with Gasteiger partial charge in [0.2, 0.25) is 0 Å². The van der Waals surface area contributed by atoms with Crippen LogP contribution in [0.15, 0.2) is 0 Å². The number of carbonyl (C=O) groups is 3. The molecule has 0 aromatic carbocycles. The Balaban J connectivity index is 4.61. The Morgan fingerprint density at radius 3 is 1.93 bits per heavy atom. The zero-order valence-electron chi connectivity index (χ0n) is 8.80. The molecule has 0 aromatic heterocycles. The van der Waals surface area contributed by atoms with Crippen molar-refractivity contribution in [1.29, 1.82) is 0 Å². The fourth-order valence-corrected chi connectivity index (χ4v) is 0.996. The van der Waals surface area contributed by atoms with Crippen molar-refractivity contribution >= 4 is 18.2 Å². The zero-order valence-corrected chi connectivity index (χ0v) is 8.80. The SMILES string of the molecule is CC(=O)OC(C=O)C(OC(C)=O)C(C)O. The van der Waals surface area contributed by atoms with Gasteiger partial charge in [-0.3, -0.25) is 14.4 Å². The molecule has 3 atom stereocenters. The Hall–Kier alpha value is -1.43. The Morgan fingerprint density at radius 2 is 1.67 bits per heavy atom. The summed E-state index contributed by atoms with van der Waals surface area (Å²) >= 11 is 0. The predicted octanol–water partition coefficient (Wildman–Crippen LogP) is -0.571. The maximum Gasteiger partial charge on any atom is 0.303 e. The molecule has 0 saturated heterocycles. The number of hydrogen-bond acceptors (Lipinski definition) is 6. The van der Waals surface area contributed by atoms with Gasteiger partial charge in [-0.15, -0.1) is 0 Å². The number of ether oxygens (including phenoxy) is 2. The molecule has 15 heavy (non-hydrogen) atoms. The molecular weight excluding hydrogens is 204 g/mol. The highest BCUT2D eigenvalue weighted by atomic mass is 16.6. The molecule has 0 rings (SSSR count). The van der Waals surface area contributed by atoms with Crippen LogP contribution < -0.4 is 0 Å². The van der Waals surface area contributed by atoms with Gasteiger partial charge in [0.15, 0.2) is 18.5 Å². The number of aliphatic hydroxyl groups excluding tert-OH is 1. The third kappa shape index (κ3) is 5.11. The topological polar surface area (TPSA) is 89.9 Å². The van der Waals surface area contributed by atoms with Crippen LogP contribution in [0.4, 0.5) is 0 Å². The van der Waals surface area contributed by atoms with Crippen LogP contribution in [0.1, 0.15) is 20.8 Å². The molecule has 1 N–H and O–H groups in total. The van der Waals surface area contributed by atoms with Gasteiger partial charge in [-0.05, 0) is 6.92 Å². The van der Waals surface area contributed by atoms with Gasteiger partial charge in [0.1, 0.15) is 0 Å². The highest BCUT2D eigenvalue weighted by Gasteiger charge is 2.30. The van der Waals surface area contributed by atoms with E-state index >= 15 is 0 Å². The second kappa shape index (κ2) is 6.13. The number of esters is 2. The van der Waals surface area contributed by atoms with Crippen molar-refractivity contribution in [3.8, 4) is 0 Å². The molecule has 0 aliphatic carbocycles. The number of hydrogen-bond donors (Lipinski definition) is 1. The quantitative estimate of drug-likeness (QED) is 0.491. The minimum absolute atomic E-state index is 0.307. The monoisotopic (exact) mass is 218 g/mol. The maximum atomic E-state index is 10.7. The van der Waals surface area contributed by atoms with E-state index in [0.29, 0.717) is 6.29 Å². The summed E-state index contributed by atoms with van der Waals surface area (Å²) in [7, 11) is 0. The van der Waals surface area contributed by atoms with Crippen LogP contribution in [0.25, 0.3) is 0 Å². The molecular formula is C9H14O6. The van der Waals surface area contributed by atoms with Crippen LogP contribution in [0.2, 0.25) is 0 Å². The minimum Gasteiger partial charge on any atom is -0.455 e. The first-order valence-electron chi connectivity index (χ1n) is 4.36. The Kier molecular flexibility index (Phi) is 5.54. The molecule has 0 aliphatic heterocycles. The van der Waals surface area contributed by atoms with Gasteiger partial charge in [-0.1, -0.05) is 0 Å². The van der Waals surface area contributed by atoms with Crippen molar-refractivity contribution in [2.45, 2.75) is 39.1 Å². The molecule has 0 radical (unpaired) electrons. The zero-order chi connectivity index (χ0) is 12.0. The average Bonchev–Trinajstić information content (AvgIpc) is 2.09. The third-order valence-electron chi connectivity index (χ3n) is 1.54. The van der Waals surface area contributed by atoms with Gasteiger partial charge in [-0.25, -0.2) is 0 Å². The smallest absolute Gasteiger partial charge is 0.303 e. The van der Waals surface area contributed by atoms with E-state index in [4.69, 9.17) is 0 Å². The summed E-state index contributed by atoms with van der Waals surface area (Å²) in [6.07, 6.45) is -3.26. The van der Waals surface area contributed by atoms with Crippen LogP contribution in [0.3, 0.4) is 0 Å². The minimum atomic E-state index is -1.29. The summed E-state index contributed by atoms with van der Waals surface area (Å²) in [4.78, 5) is 31.9. The number of rotatable bonds is 5. The molecule has 0 spiro atoms. The molecule has 0 aliphatic rings. The van der Waals surface area contributed by atoms with Crippen LogP contribution in [0.5, 0.6) is 0 Å². The molecule has 0 aromatic rings. The molecule has 0 heterocycles. The Morgan fingerprint density at radius 1 is 1.20 bits per heavy atom. The van der Waals surface area contributed by atoms with Crippen molar-refractivity contribution in [2.24, 2.45) is 0 Å². The average molecular weight is 218 g/mol. The van der Waals surface area contributed by atoms with Crippen LogP contribution in [0, 0.1) is 0 Å². The summed E-state index contributed by atoms with van der Waals surface area (Å²) in [5.74, 6) is -1.36. The van der Waals surface area contributed by atoms with Crippen molar-refractivity contribution in [1.82, 2.24) is 0 Å². The van der Waals surface area contributed by atoms with Crippen LogP contribution >= 0.6 is 0 Å². The van der Waals surface area contributed by atoms with E-state index in [0.717, 1.165) is 13.8 Å². The van der Waals surface area contributed by atoms with Gasteiger partial charge >= 0.3 is 11.9 Å². The van der Waals surface area contributed by atoms with Crippen molar-refractivity contribution < 1.29 is 29.0 Å². The van der Waals surface area contributed by atoms with Crippen LogP contribution in [-0.2, 0) is 23.9 Å². The van der Waals surface area contributed by atoms with E-state index in [-0.39, 0.29) is 0 Å². The summed E-state index contributed by atoms with van der Waals surface area (Å²) in [5, 5.41) is 9.25. The van der Waals surface area contributed by atoms with E-state index < -0.39 is 30.3 Å². The normalized spacial score (nSPS) is 16.0. The number of aliphatic hydroxyl groups is 1. The molecule has 86 valence electrons. The van der Waals surface area contributed by atoms with E-state index in [9.17, 15) is 19.5 Å². The summed E-state index contributed by atoms with van der Waals surface area (Å²) in [6, 6.07) is 0. The molecule has 6 heteroatoms. The first kappa shape index (κ1) is 13.6. The number of carbonyl (C=O) groups excluding carboxylic acids is 3. The predicted molar refractivity (Wildman–Crippen MR) is 48.9 cm³/mol. The highest BCUT2D eigenvalue weighted by Crippen LogP contribution is 2.08. The lowest BCUT2D eigenvalue weighted by Crippen LogP contribution is -2.42. The molecule has 0 bridgehead atoms. The summed E-state index contributed by atoms with van der Waals surface area (Å²) in [5.41, 5.74) is 0. The number of aldehydes is 1. The van der Waals surface area contributed by atoms with E-state index in [1.807, 2.05) is 0 Å². The molecule has 0 saturated carbocycles. The van der Waals surface area contributed by atoms with Crippen molar-refractivity contribution in [3.63, 3.8) is 0 Å². The fourth-order valence-electron chi connectivity index (χ4n) is 0.996. The Labute approximate surface area is 87.2 Å². The first-order chi connectivity index (χ1) is 6.88. The summed E-state index contributed by atoms with van der Waals surface area (Å²) in [6.45, 7) is 3.57. The van der Waals surface area contributed by atoms with Gasteiger partial charge in [0.05, 0.1) is 6.10 Å². The van der Waals surface area contributed by atoms with Gasteiger partial charge in [0.25, 0.3) is 0 Å². The van der Waals surface area contributed by atoms with E-state index in [1.54, 1.807) is 0 Å². The lowest BCUT2D eigenvalue weighted by Gasteiger charge is -2.24. The maximum absolute atomic E-state index is 10.7. The van der Waals surface area contributed by atoms with Gasteiger partial charge in [0, 0.05) is 13.8 Å². The van der Waals surface area contributed by atoms with Crippen LogP contribution in [-0.4, -0.2) is 41.6 Å². The van der Waals surface area contributed by atoms with E-state index in [1.165, 1.54) is 6.92 Å². The van der Waals surface area contributed by atoms with Crippen molar-refractivity contribution in [2.75, 3.05) is 0 Å². The second-order valence-corrected chi connectivity index (χ2v) is 3.02. The van der Waals surface area contributed by atoms with E-state index in [2.05, 4.69) is 9.47 Å². The van der Waals surface area contributed by atoms with Gasteiger partial charge in [-0.2, -0.15) is 0 Å². The standard InChI is InChI=1S/C9H14O6/c1-5(11)9(15-7(3)13)8(4-10)14-6(2)12/h4-5,8-9,11H,1-3H3. The first-order valence-corrected chi connectivity index (χ1v) is 4.36. The summed E-state index contributed by atoms with van der Waals surface area (Å²) < 4.78 is 9.25. The largest absolute Gasteiger partial charge is 0.455 e. The molecule has 6 nitrogen and oxygen atoms in total. The fraction of sp³-hybridized carbons (Fsp3) is 0.667.